The minimum atomic E-state index is 1.24. The molecule has 0 heterocycles. The van der Waals surface area contributed by atoms with Crippen molar-refractivity contribution >= 4 is 32.3 Å². The summed E-state index contributed by atoms with van der Waals surface area (Å²) in [5, 5.41) is 7.81. The molecule has 7 aromatic rings. The van der Waals surface area contributed by atoms with E-state index < -0.39 is 0 Å². The fourth-order valence-corrected chi connectivity index (χ4v) is 5.89. The maximum absolute atomic E-state index is 2.43. The molecule has 0 unspecified atom stereocenters. The molecule has 0 aliphatic heterocycles. The van der Waals surface area contributed by atoms with E-state index in [0.29, 0.717) is 0 Å². The molecule has 0 aliphatic rings. The van der Waals surface area contributed by atoms with Crippen LogP contribution in [0.15, 0.2) is 140 Å². The van der Waals surface area contributed by atoms with E-state index in [-0.39, 0.29) is 0 Å². The first-order chi connectivity index (χ1) is 18.3. The van der Waals surface area contributed by atoms with Gasteiger partial charge in [-0.05, 0) is 78.7 Å². The van der Waals surface area contributed by atoms with E-state index in [0.717, 1.165) is 0 Å². The van der Waals surface area contributed by atoms with Crippen molar-refractivity contribution in [3.05, 3.63) is 145 Å². The van der Waals surface area contributed by atoms with Crippen LogP contribution >= 0.6 is 0 Å². The van der Waals surface area contributed by atoms with E-state index in [1.54, 1.807) is 0 Å². The fourth-order valence-electron chi connectivity index (χ4n) is 5.89. The van der Waals surface area contributed by atoms with E-state index in [4.69, 9.17) is 0 Å². The molecule has 0 heteroatoms. The van der Waals surface area contributed by atoms with Crippen LogP contribution in [0.5, 0.6) is 0 Å². The monoisotopic (exact) mass is 470 g/mol. The molecule has 0 N–H and O–H groups in total. The van der Waals surface area contributed by atoms with Crippen LogP contribution in [0.2, 0.25) is 0 Å². The van der Waals surface area contributed by atoms with Gasteiger partial charge in [-0.1, -0.05) is 139 Å². The Bertz CT molecular complexity index is 1910. The van der Waals surface area contributed by atoms with E-state index in [1.807, 2.05) is 0 Å². The molecule has 0 aliphatic carbocycles. The predicted octanol–water partition coefficient (Wildman–Crippen LogP) is 10.5. The minimum absolute atomic E-state index is 1.24. The van der Waals surface area contributed by atoms with Crippen LogP contribution in [-0.2, 0) is 0 Å². The number of benzene rings is 7. The molecule has 7 aromatic carbocycles. The van der Waals surface area contributed by atoms with Crippen molar-refractivity contribution in [2.75, 3.05) is 0 Å². The zero-order chi connectivity index (χ0) is 24.8. The third kappa shape index (κ3) is 3.53. The molecule has 0 spiro atoms. The third-order valence-electron chi connectivity index (χ3n) is 7.49. The summed E-state index contributed by atoms with van der Waals surface area (Å²) in [6, 6.07) is 50.9. The van der Waals surface area contributed by atoms with Crippen LogP contribution < -0.4 is 0 Å². The lowest BCUT2D eigenvalue weighted by molar-refractivity contribution is 1.47. The van der Waals surface area contributed by atoms with Crippen LogP contribution in [0.3, 0.4) is 0 Å². The quantitative estimate of drug-likeness (QED) is 0.225. The van der Waals surface area contributed by atoms with Crippen molar-refractivity contribution in [2.45, 2.75) is 6.92 Å². The van der Waals surface area contributed by atoms with Crippen molar-refractivity contribution in [3.8, 4) is 33.4 Å². The topological polar surface area (TPSA) is 0 Å². The van der Waals surface area contributed by atoms with Crippen molar-refractivity contribution in [1.29, 1.82) is 0 Å². The Labute approximate surface area is 217 Å². The molecule has 0 radical (unpaired) electrons. The lowest BCUT2D eigenvalue weighted by Gasteiger charge is -2.22. The highest BCUT2D eigenvalue weighted by Gasteiger charge is 2.21. The molecule has 0 aromatic heterocycles. The maximum atomic E-state index is 2.43. The molecular formula is C37H26. The largest absolute Gasteiger partial charge is 0.0622 e. The molecule has 0 fully saturated rings. The van der Waals surface area contributed by atoms with Crippen molar-refractivity contribution in [3.63, 3.8) is 0 Å². The Balaban J connectivity index is 1.81. The first-order valence-corrected chi connectivity index (χ1v) is 12.9. The summed E-state index contributed by atoms with van der Waals surface area (Å²) in [6.45, 7) is 2.17. The van der Waals surface area contributed by atoms with Gasteiger partial charge >= 0.3 is 0 Å². The summed E-state index contributed by atoms with van der Waals surface area (Å²) in [6.07, 6.45) is 0. The summed E-state index contributed by atoms with van der Waals surface area (Å²) in [5.74, 6) is 0. The van der Waals surface area contributed by atoms with Crippen LogP contribution in [0.25, 0.3) is 65.7 Å². The molecule has 0 nitrogen and oxygen atoms in total. The van der Waals surface area contributed by atoms with Gasteiger partial charge < -0.3 is 0 Å². The van der Waals surface area contributed by atoms with Gasteiger partial charge in [-0.15, -0.1) is 0 Å². The Morgan fingerprint density at radius 2 is 0.865 bits per heavy atom. The summed E-state index contributed by atoms with van der Waals surface area (Å²) < 4.78 is 0. The molecule has 7 rings (SSSR count). The second-order valence-electron chi connectivity index (χ2n) is 9.79. The minimum Gasteiger partial charge on any atom is -0.0622 e. The molecule has 0 saturated heterocycles. The highest BCUT2D eigenvalue weighted by atomic mass is 14.2. The van der Waals surface area contributed by atoms with Crippen LogP contribution in [0.1, 0.15) is 5.56 Å². The van der Waals surface area contributed by atoms with Gasteiger partial charge in [-0.2, -0.15) is 0 Å². The average molecular weight is 471 g/mol. The summed E-state index contributed by atoms with van der Waals surface area (Å²) >= 11 is 0. The van der Waals surface area contributed by atoms with Gasteiger partial charge in [0.15, 0.2) is 0 Å². The first kappa shape index (κ1) is 21.6. The summed E-state index contributed by atoms with van der Waals surface area (Å²) in [4.78, 5) is 0. The molecule has 0 amide bonds. The van der Waals surface area contributed by atoms with Gasteiger partial charge in [0.2, 0.25) is 0 Å². The number of aryl methyl sites for hydroxylation is 1. The highest BCUT2D eigenvalue weighted by molar-refractivity contribution is 6.32. The Hall–Kier alpha value is -4.68. The lowest BCUT2D eigenvalue weighted by Crippen LogP contribution is -1.94. The van der Waals surface area contributed by atoms with E-state index in [1.165, 1.54) is 71.3 Å². The fraction of sp³-hybridized carbons (Fsp3) is 0.0270. The Morgan fingerprint density at radius 3 is 1.49 bits per heavy atom. The van der Waals surface area contributed by atoms with Crippen molar-refractivity contribution < 1.29 is 0 Å². The highest BCUT2D eigenvalue weighted by Crippen LogP contribution is 2.48. The number of rotatable bonds is 3. The average Bonchev–Trinajstić information content (AvgIpc) is 2.97. The molecular weight excluding hydrogens is 444 g/mol. The van der Waals surface area contributed by atoms with Crippen molar-refractivity contribution in [2.24, 2.45) is 0 Å². The zero-order valence-electron chi connectivity index (χ0n) is 20.8. The summed E-state index contributed by atoms with van der Waals surface area (Å²) in [7, 11) is 0. The normalized spacial score (nSPS) is 11.4. The number of fused-ring (bicyclic) bond motifs is 6. The zero-order valence-corrected chi connectivity index (χ0v) is 20.8. The molecule has 0 bridgehead atoms. The van der Waals surface area contributed by atoms with Crippen LogP contribution in [-0.4, -0.2) is 0 Å². The van der Waals surface area contributed by atoms with E-state index >= 15 is 0 Å². The maximum Gasteiger partial charge on any atom is -0.000786 e. The first-order valence-electron chi connectivity index (χ1n) is 12.9. The second-order valence-corrected chi connectivity index (χ2v) is 9.79. The second kappa shape index (κ2) is 8.76. The SMILES string of the molecule is Cc1cccc(-c2cc(-c3ccccc3)c3c4ccccc4c4ccccc4c3c2-c2ccccc2)c1. The standard InChI is InChI=1S/C37H26/c1-25-13-12-18-28(23-25)34-24-33(26-14-4-2-5-15-26)36-31-21-10-8-19-29(31)30-20-9-11-22-32(30)37(36)35(34)27-16-6-3-7-17-27/h2-24H,1H3. The Morgan fingerprint density at radius 1 is 0.351 bits per heavy atom. The smallest absolute Gasteiger partial charge is 0.000786 e. The molecule has 174 valence electrons. The van der Waals surface area contributed by atoms with E-state index in [9.17, 15) is 0 Å². The Kier molecular flexibility index (Phi) is 5.11. The molecule has 37 heavy (non-hydrogen) atoms. The van der Waals surface area contributed by atoms with Crippen LogP contribution in [0, 0.1) is 6.92 Å². The van der Waals surface area contributed by atoms with Crippen LogP contribution in [0.4, 0.5) is 0 Å². The van der Waals surface area contributed by atoms with Gasteiger partial charge in [0, 0.05) is 0 Å². The van der Waals surface area contributed by atoms with Gasteiger partial charge in [0.05, 0.1) is 0 Å². The number of hydrogen-bond acceptors (Lipinski definition) is 0. The van der Waals surface area contributed by atoms with E-state index in [2.05, 4.69) is 146 Å². The third-order valence-corrected chi connectivity index (χ3v) is 7.49. The van der Waals surface area contributed by atoms with Gasteiger partial charge in [0.1, 0.15) is 0 Å². The summed E-state index contributed by atoms with van der Waals surface area (Å²) in [5.41, 5.74) is 8.82. The lowest BCUT2D eigenvalue weighted by atomic mass is 9.81. The van der Waals surface area contributed by atoms with Gasteiger partial charge in [-0.3, -0.25) is 0 Å². The van der Waals surface area contributed by atoms with Gasteiger partial charge in [0.25, 0.3) is 0 Å². The van der Waals surface area contributed by atoms with Gasteiger partial charge in [-0.25, -0.2) is 0 Å². The van der Waals surface area contributed by atoms with Crippen molar-refractivity contribution in [1.82, 2.24) is 0 Å². The predicted molar refractivity (Wildman–Crippen MR) is 160 cm³/mol. The molecule has 0 atom stereocenters. The molecule has 0 saturated carbocycles. The number of hydrogen-bond donors (Lipinski definition) is 0.